The fraction of sp³-hybridized carbons (Fsp3) is 0.455. The number of benzene rings is 1. The summed E-state index contributed by atoms with van der Waals surface area (Å²) in [6, 6.07) is 6.00. The molecule has 1 unspecified atom stereocenters. The SMILES string of the molecule is CCOc1ccc(S(=O)(=O)NC(C)CN)cc1. The highest BCUT2D eigenvalue weighted by Crippen LogP contribution is 2.15. The Hall–Kier alpha value is -1.11. The summed E-state index contributed by atoms with van der Waals surface area (Å²) in [6.07, 6.45) is 0. The zero-order valence-electron chi connectivity index (χ0n) is 10.0. The van der Waals surface area contributed by atoms with E-state index in [2.05, 4.69) is 4.72 Å². The molecular formula is C11H18N2O3S. The maximum Gasteiger partial charge on any atom is 0.240 e. The molecule has 0 aliphatic heterocycles. The average molecular weight is 258 g/mol. The molecule has 0 aliphatic carbocycles. The van der Waals surface area contributed by atoms with E-state index < -0.39 is 10.0 Å². The number of ether oxygens (including phenoxy) is 1. The highest BCUT2D eigenvalue weighted by molar-refractivity contribution is 7.89. The summed E-state index contributed by atoms with van der Waals surface area (Å²) in [5, 5.41) is 0. The van der Waals surface area contributed by atoms with Crippen LogP contribution in [-0.2, 0) is 10.0 Å². The molecule has 6 heteroatoms. The second-order valence-corrected chi connectivity index (χ2v) is 5.38. The standard InChI is InChI=1S/C11H18N2O3S/c1-3-16-10-4-6-11(7-5-10)17(14,15)13-9(2)8-12/h4-7,9,13H,3,8,12H2,1-2H3. The van der Waals surface area contributed by atoms with Gasteiger partial charge in [-0.3, -0.25) is 0 Å². The summed E-state index contributed by atoms with van der Waals surface area (Å²) in [4.78, 5) is 0.209. The molecule has 17 heavy (non-hydrogen) atoms. The van der Waals surface area contributed by atoms with E-state index in [1.54, 1.807) is 19.1 Å². The van der Waals surface area contributed by atoms with Crippen molar-refractivity contribution >= 4 is 10.0 Å². The van der Waals surface area contributed by atoms with Gasteiger partial charge in [0.2, 0.25) is 10.0 Å². The van der Waals surface area contributed by atoms with Crippen molar-refractivity contribution in [2.24, 2.45) is 5.73 Å². The predicted octanol–water partition coefficient (Wildman–Crippen LogP) is 0.711. The lowest BCUT2D eigenvalue weighted by atomic mass is 10.3. The molecule has 0 amide bonds. The Morgan fingerprint density at radius 1 is 1.35 bits per heavy atom. The summed E-state index contributed by atoms with van der Waals surface area (Å²) in [7, 11) is -3.49. The lowest BCUT2D eigenvalue weighted by molar-refractivity contribution is 0.340. The van der Waals surface area contributed by atoms with E-state index in [0.29, 0.717) is 12.4 Å². The zero-order chi connectivity index (χ0) is 12.9. The molecule has 0 saturated heterocycles. The molecule has 0 spiro atoms. The molecule has 1 aromatic rings. The Morgan fingerprint density at radius 2 is 1.94 bits per heavy atom. The van der Waals surface area contributed by atoms with Gasteiger partial charge in [0.15, 0.2) is 0 Å². The van der Waals surface area contributed by atoms with Gasteiger partial charge >= 0.3 is 0 Å². The Kier molecular flexibility index (Phi) is 4.92. The highest BCUT2D eigenvalue weighted by atomic mass is 32.2. The van der Waals surface area contributed by atoms with Crippen molar-refractivity contribution in [1.82, 2.24) is 4.72 Å². The summed E-state index contributed by atoms with van der Waals surface area (Å²) >= 11 is 0. The molecule has 0 aromatic heterocycles. The Bertz CT molecular complexity index is 442. The fourth-order valence-electron chi connectivity index (χ4n) is 1.26. The van der Waals surface area contributed by atoms with Crippen molar-refractivity contribution in [3.05, 3.63) is 24.3 Å². The first kappa shape index (κ1) is 14.0. The van der Waals surface area contributed by atoms with Gasteiger partial charge in [-0.2, -0.15) is 0 Å². The van der Waals surface area contributed by atoms with E-state index in [-0.39, 0.29) is 17.5 Å². The van der Waals surface area contributed by atoms with E-state index in [4.69, 9.17) is 10.5 Å². The van der Waals surface area contributed by atoms with Gasteiger partial charge in [-0.1, -0.05) is 0 Å². The summed E-state index contributed by atoms with van der Waals surface area (Å²) < 4.78 is 31.4. The molecule has 5 nitrogen and oxygen atoms in total. The molecule has 0 radical (unpaired) electrons. The summed E-state index contributed by atoms with van der Waals surface area (Å²) in [6.45, 7) is 4.39. The largest absolute Gasteiger partial charge is 0.494 e. The third kappa shape index (κ3) is 3.99. The van der Waals surface area contributed by atoms with E-state index in [1.807, 2.05) is 6.92 Å². The van der Waals surface area contributed by atoms with Crippen LogP contribution in [0, 0.1) is 0 Å². The second kappa shape index (κ2) is 6.00. The molecule has 0 bridgehead atoms. The Morgan fingerprint density at radius 3 is 2.41 bits per heavy atom. The van der Waals surface area contributed by atoms with Gasteiger partial charge in [0.05, 0.1) is 11.5 Å². The second-order valence-electron chi connectivity index (χ2n) is 3.66. The molecule has 0 fully saturated rings. The van der Waals surface area contributed by atoms with Crippen LogP contribution >= 0.6 is 0 Å². The molecule has 0 saturated carbocycles. The maximum atomic E-state index is 11.9. The van der Waals surface area contributed by atoms with Crippen molar-refractivity contribution in [3.8, 4) is 5.75 Å². The summed E-state index contributed by atoms with van der Waals surface area (Å²) in [5.74, 6) is 0.651. The molecule has 1 aromatic carbocycles. The van der Waals surface area contributed by atoms with E-state index in [1.165, 1.54) is 12.1 Å². The van der Waals surface area contributed by atoms with Crippen LogP contribution in [0.1, 0.15) is 13.8 Å². The van der Waals surface area contributed by atoms with Gasteiger partial charge in [-0.05, 0) is 38.1 Å². The predicted molar refractivity (Wildman–Crippen MR) is 66.4 cm³/mol. The van der Waals surface area contributed by atoms with Gasteiger partial charge in [0.1, 0.15) is 5.75 Å². The Labute approximate surface area is 102 Å². The monoisotopic (exact) mass is 258 g/mol. The quantitative estimate of drug-likeness (QED) is 0.787. The van der Waals surface area contributed by atoms with Crippen LogP contribution in [-0.4, -0.2) is 27.6 Å². The number of rotatable bonds is 6. The lowest BCUT2D eigenvalue weighted by Crippen LogP contribution is -2.37. The first-order chi connectivity index (χ1) is 7.99. The van der Waals surface area contributed by atoms with Crippen LogP contribution in [0.5, 0.6) is 5.75 Å². The molecular weight excluding hydrogens is 240 g/mol. The minimum absolute atomic E-state index is 0.209. The van der Waals surface area contributed by atoms with Crippen LogP contribution in [0.25, 0.3) is 0 Å². The van der Waals surface area contributed by atoms with Crippen molar-refractivity contribution < 1.29 is 13.2 Å². The minimum atomic E-state index is -3.49. The van der Waals surface area contributed by atoms with Crippen LogP contribution in [0.3, 0.4) is 0 Å². The molecule has 3 N–H and O–H groups in total. The number of hydrogen-bond donors (Lipinski definition) is 2. The lowest BCUT2D eigenvalue weighted by Gasteiger charge is -2.12. The van der Waals surface area contributed by atoms with Crippen LogP contribution in [0.15, 0.2) is 29.2 Å². The van der Waals surface area contributed by atoms with Crippen molar-refractivity contribution in [2.45, 2.75) is 24.8 Å². The van der Waals surface area contributed by atoms with Crippen LogP contribution in [0.4, 0.5) is 0 Å². The first-order valence-corrected chi connectivity index (χ1v) is 6.93. The minimum Gasteiger partial charge on any atom is -0.494 e. The fourth-order valence-corrected chi connectivity index (χ4v) is 2.52. The van der Waals surface area contributed by atoms with E-state index in [9.17, 15) is 8.42 Å². The van der Waals surface area contributed by atoms with Crippen LogP contribution in [0.2, 0.25) is 0 Å². The molecule has 1 atom stereocenters. The maximum absolute atomic E-state index is 11.9. The van der Waals surface area contributed by atoms with Crippen molar-refractivity contribution in [2.75, 3.05) is 13.2 Å². The van der Waals surface area contributed by atoms with E-state index in [0.717, 1.165) is 0 Å². The normalized spacial score (nSPS) is 13.4. The highest BCUT2D eigenvalue weighted by Gasteiger charge is 2.16. The van der Waals surface area contributed by atoms with Gasteiger partial charge in [0.25, 0.3) is 0 Å². The Balaban J connectivity index is 2.85. The number of hydrogen-bond acceptors (Lipinski definition) is 4. The smallest absolute Gasteiger partial charge is 0.240 e. The third-order valence-electron chi connectivity index (χ3n) is 2.15. The van der Waals surface area contributed by atoms with Gasteiger partial charge in [-0.15, -0.1) is 0 Å². The van der Waals surface area contributed by atoms with Crippen LogP contribution < -0.4 is 15.2 Å². The number of nitrogens with two attached hydrogens (primary N) is 1. The number of nitrogens with one attached hydrogen (secondary N) is 1. The average Bonchev–Trinajstić information content (AvgIpc) is 2.29. The molecule has 0 heterocycles. The molecule has 0 aliphatic rings. The van der Waals surface area contributed by atoms with Crippen molar-refractivity contribution in [1.29, 1.82) is 0 Å². The molecule has 96 valence electrons. The van der Waals surface area contributed by atoms with Gasteiger partial charge in [0, 0.05) is 12.6 Å². The van der Waals surface area contributed by atoms with Gasteiger partial charge in [-0.25, -0.2) is 13.1 Å². The third-order valence-corrected chi connectivity index (χ3v) is 3.76. The topological polar surface area (TPSA) is 81.4 Å². The molecule has 1 rings (SSSR count). The zero-order valence-corrected chi connectivity index (χ0v) is 10.8. The first-order valence-electron chi connectivity index (χ1n) is 5.45. The summed E-state index contributed by atoms with van der Waals surface area (Å²) in [5.41, 5.74) is 5.37. The van der Waals surface area contributed by atoms with E-state index >= 15 is 0 Å². The number of sulfonamides is 1. The van der Waals surface area contributed by atoms with Gasteiger partial charge < -0.3 is 10.5 Å². The van der Waals surface area contributed by atoms with Crippen molar-refractivity contribution in [3.63, 3.8) is 0 Å².